The minimum absolute atomic E-state index is 0.0802. The molecule has 0 N–H and O–H groups in total. The number of ether oxygens (including phenoxy) is 1. The van der Waals surface area contributed by atoms with Gasteiger partial charge in [-0.25, -0.2) is 9.37 Å². The molecule has 1 saturated heterocycles. The number of benzene rings is 1. The van der Waals surface area contributed by atoms with E-state index in [2.05, 4.69) is 4.98 Å². The quantitative estimate of drug-likeness (QED) is 0.709. The van der Waals surface area contributed by atoms with Crippen molar-refractivity contribution in [2.24, 2.45) is 14.1 Å². The molecule has 0 radical (unpaired) electrons. The van der Waals surface area contributed by atoms with Crippen LogP contribution in [0.5, 0.6) is 0 Å². The number of imidazole rings is 1. The van der Waals surface area contributed by atoms with Crippen molar-refractivity contribution in [3.8, 4) is 0 Å². The zero-order chi connectivity index (χ0) is 18.4. The predicted molar refractivity (Wildman–Crippen MR) is 95.4 cm³/mol. The number of aryl methyl sites for hydroxylation is 3. The van der Waals surface area contributed by atoms with E-state index < -0.39 is 0 Å². The Bertz CT molecular complexity index is 991. The molecule has 0 saturated carbocycles. The van der Waals surface area contributed by atoms with Crippen LogP contribution >= 0.6 is 0 Å². The van der Waals surface area contributed by atoms with Crippen LogP contribution in [0.25, 0.3) is 10.9 Å². The van der Waals surface area contributed by atoms with Crippen LogP contribution in [0.2, 0.25) is 0 Å². The summed E-state index contributed by atoms with van der Waals surface area (Å²) in [5, 5.41) is 0.723. The first kappa shape index (κ1) is 16.8. The number of amides is 1. The molecular formula is C19H21FN4O2. The van der Waals surface area contributed by atoms with Gasteiger partial charge >= 0.3 is 0 Å². The predicted octanol–water partition coefficient (Wildman–Crippen LogP) is 2.57. The van der Waals surface area contributed by atoms with Gasteiger partial charge in [0.15, 0.2) is 0 Å². The minimum Gasteiger partial charge on any atom is -0.367 e. The number of carbonyl (C=O) groups excluding carboxylic acids is 1. The third-order valence-corrected chi connectivity index (χ3v) is 4.90. The van der Waals surface area contributed by atoms with Crippen LogP contribution in [0, 0.1) is 12.7 Å². The molecule has 1 amide bonds. The lowest BCUT2D eigenvalue weighted by Gasteiger charge is -2.32. The molecule has 26 heavy (non-hydrogen) atoms. The van der Waals surface area contributed by atoms with Crippen LogP contribution in [0.4, 0.5) is 4.39 Å². The topological polar surface area (TPSA) is 52.3 Å². The average molecular weight is 356 g/mol. The molecule has 1 aliphatic rings. The van der Waals surface area contributed by atoms with E-state index in [1.165, 1.54) is 12.1 Å². The summed E-state index contributed by atoms with van der Waals surface area (Å²) in [4.78, 5) is 19.4. The summed E-state index contributed by atoms with van der Waals surface area (Å²) in [5.41, 5.74) is 2.30. The average Bonchev–Trinajstić information content (AvgIpc) is 3.13. The summed E-state index contributed by atoms with van der Waals surface area (Å²) in [5.74, 6) is 0.432. The molecule has 1 atom stereocenters. The number of halogens is 1. The van der Waals surface area contributed by atoms with Crippen molar-refractivity contribution in [3.05, 3.63) is 53.5 Å². The molecule has 7 heteroatoms. The van der Waals surface area contributed by atoms with Gasteiger partial charge in [0.25, 0.3) is 5.91 Å². The maximum atomic E-state index is 13.5. The van der Waals surface area contributed by atoms with Crippen molar-refractivity contribution in [1.29, 1.82) is 0 Å². The highest BCUT2D eigenvalue weighted by molar-refractivity contribution is 5.98. The second kappa shape index (κ2) is 6.25. The number of morpholine rings is 1. The molecule has 4 rings (SSSR count). The molecular weight excluding hydrogens is 335 g/mol. The maximum absolute atomic E-state index is 13.5. The standard InChI is InChI=1S/C19H21FN4O2/c1-12-10-22(2)18(21-12)17-11-24(6-7-26-17)19(25)16-9-13-8-14(20)4-5-15(13)23(16)3/h4-5,8-10,17H,6-7,11H2,1-3H3/t17-/m1/s1. The summed E-state index contributed by atoms with van der Waals surface area (Å²) in [7, 11) is 3.76. The first-order valence-electron chi connectivity index (χ1n) is 8.60. The Hall–Kier alpha value is -2.67. The van der Waals surface area contributed by atoms with Crippen molar-refractivity contribution < 1.29 is 13.9 Å². The summed E-state index contributed by atoms with van der Waals surface area (Å²) < 4.78 is 23.1. The second-order valence-corrected chi connectivity index (χ2v) is 6.75. The van der Waals surface area contributed by atoms with Gasteiger partial charge < -0.3 is 18.8 Å². The molecule has 6 nitrogen and oxygen atoms in total. The first-order chi connectivity index (χ1) is 12.4. The van der Waals surface area contributed by atoms with E-state index in [9.17, 15) is 9.18 Å². The fraction of sp³-hybridized carbons (Fsp3) is 0.368. The van der Waals surface area contributed by atoms with Gasteiger partial charge in [-0.15, -0.1) is 0 Å². The van der Waals surface area contributed by atoms with Crippen LogP contribution in [0.3, 0.4) is 0 Å². The van der Waals surface area contributed by atoms with Crippen molar-refractivity contribution >= 4 is 16.8 Å². The van der Waals surface area contributed by atoms with Crippen molar-refractivity contribution in [2.45, 2.75) is 13.0 Å². The van der Waals surface area contributed by atoms with Gasteiger partial charge in [0, 0.05) is 37.7 Å². The molecule has 1 aliphatic heterocycles. The fourth-order valence-corrected chi connectivity index (χ4v) is 3.61. The Morgan fingerprint density at radius 2 is 2.12 bits per heavy atom. The van der Waals surface area contributed by atoms with E-state index in [4.69, 9.17) is 4.74 Å². The van der Waals surface area contributed by atoms with Gasteiger partial charge in [-0.05, 0) is 31.2 Å². The van der Waals surface area contributed by atoms with Gasteiger partial charge in [-0.1, -0.05) is 0 Å². The van der Waals surface area contributed by atoms with E-state index in [1.807, 2.05) is 36.4 Å². The third-order valence-electron chi connectivity index (χ3n) is 4.90. The number of fused-ring (bicyclic) bond motifs is 1. The van der Waals surface area contributed by atoms with Crippen LogP contribution in [0.15, 0.2) is 30.5 Å². The molecule has 1 aromatic carbocycles. The van der Waals surface area contributed by atoms with Crippen LogP contribution < -0.4 is 0 Å². The monoisotopic (exact) mass is 356 g/mol. The number of hydrogen-bond donors (Lipinski definition) is 0. The van der Waals surface area contributed by atoms with E-state index >= 15 is 0 Å². The zero-order valence-corrected chi connectivity index (χ0v) is 15.1. The van der Waals surface area contributed by atoms with Crippen molar-refractivity contribution in [3.63, 3.8) is 0 Å². The number of aromatic nitrogens is 3. The highest BCUT2D eigenvalue weighted by Crippen LogP contribution is 2.25. The molecule has 136 valence electrons. The second-order valence-electron chi connectivity index (χ2n) is 6.75. The fourth-order valence-electron chi connectivity index (χ4n) is 3.61. The Morgan fingerprint density at radius 1 is 1.31 bits per heavy atom. The SMILES string of the molecule is Cc1cn(C)c([C@H]2CN(C(=O)c3cc4cc(F)ccc4n3C)CCO2)n1. The van der Waals surface area contributed by atoms with Gasteiger partial charge in [0.05, 0.1) is 18.8 Å². The molecule has 0 aliphatic carbocycles. The minimum atomic E-state index is -0.307. The van der Waals surface area contributed by atoms with E-state index in [0.29, 0.717) is 25.4 Å². The molecule has 3 aromatic rings. The summed E-state index contributed by atoms with van der Waals surface area (Å²) in [6, 6.07) is 6.30. The molecule has 3 heterocycles. The Balaban J connectivity index is 1.62. The maximum Gasteiger partial charge on any atom is 0.270 e. The van der Waals surface area contributed by atoms with Crippen LogP contribution in [-0.2, 0) is 18.8 Å². The highest BCUT2D eigenvalue weighted by atomic mass is 19.1. The Kier molecular flexibility index (Phi) is 4.03. The first-order valence-corrected chi connectivity index (χ1v) is 8.60. The van der Waals surface area contributed by atoms with Crippen LogP contribution in [-0.4, -0.2) is 44.6 Å². The molecule has 0 spiro atoms. The zero-order valence-electron chi connectivity index (χ0n) is 15.1. The number of nitrogens with zero attached hydrogens (tertiary/aromatic N) is 4. The molecule has 1 fully saturated rings. The smallest absolute Gasteiger partial charge is 0.270 e. The van der Waals surface area contributed by atoms with Crippen molar-refractivity contribution in [1.82, 2.24) is 19.0 Å². The van der Waals surface area contributed by atoms with Gasteiger partial charge in [-0.2, -0.15) is 0 Å². The summed E-state index contributed by atoms with van der Waals surface area (Å²) in [6.07, 6.45) is 1.69. The Morgan fingerprint density at radius 3 is 2.85 bits per heavy atom. The third kappa shape index (κ3) is 2.78. The lowest BCUT2D eigenvalue weighted by Crippen LogP contribution is -2.43. The van der Waals surface area contributed by atoms with Crippen molar-refractivity contribution in [2.75, 3.05) is 19.7 Å². The Labute approximate surface area is 150 Å². The highest BCUT2D eigenvalue weighted by Gasteiger charge is 2.30. The van der Waals surface area contributed by atoms with E-state index in [-0.39, 0.29) is 17.8 Å². The summed E-state index contributed by atoms with van der Waals surface area (Å²) in [6.45, 7) is 3.36. The van der Waals surface area contributed by atoms with E-state index in [1.54, 1.807) is 17.0 Å². The lowest BCUT2D eigenvalue weighted by molar-refractivity contribution is -0.0282. The molecule has 0 unspecified atom stereocenters. The summed E-state index contributed by atoms with van der Waals surface area (Å²) >= 11 is 0. The van der Waals surface area contributed by atoms with Gasteiger partial charge in [0.2, 0.25) is 0 Å². The van der Waals surface area contributed by atoms with Gasteiger partial charge in [-0.3, -0.25) is 4.79 Å². The van der Waals surface area contributed by atoms with Crippen LogP contribution in [0.1, 0.15) is 28.1 Å². The normalized spacial score (nSPS) is 17.8. The molecule has 0 bridgehead atoms. The lowest BCUT2D eigenvalue weighted by atomic mass is 10.2. The van der Waals surface area contributed by atoms with E-state index in [0.717, 1.165) is 22.4 Å². The molecule has 2 aromatic heterocycles. The number of carbonyl (C=O) groups is 1. The largest absolute Gasteiger partial charge is 0.367 e. The number of rotatable bonds is 2. The van der Waals surface area contributed by atoms with Gasteiger partial charge in [0.1, 0.15) is 23.4 Å². The number of hydrogen-bond acceptors (Lipinski definition) is 3.